The van der Waals surface area contributed by atoms with Gasteiger partial charge in [0.2, 0.25) is 10.0 Å². The van der Waals surface area contributed by atoms with E-state index in [0.717, 1.165) is 10.4 Å². The van der Waals surface area contributed by atoms with Crippen molar-refractivity contribution in [1.82, 2.24) is 9.62 Å². The molecule has 0 heterocycles. The predicted octanol–water partition coefficient (Wildman–Crippen LogP) is 1.51. The van der Waals surface area contributed by atoms with Gasteiger partial charge < -0.3 is 5.32 Å². The molecule has 1 aromatic carbocycles. The molecule has 1 N–H and O–H groups in total. The summed E-state index contributed by atoms with van der Waals surface area (Å²) in [4.78, 5) is 0. The average Bonchev–Trinajstić information content (AvgIpc) is 2.32. The minimum Gasteiger partial charge on any atom is -0.309 e. The highest BCUT2D eigenvalue weighted by Crippen LogP contribution is 2.18. The van der Waals surface area contributed by atoms with Gasteiger partial charge in [0.05, 0.1) is 5.75 Å². The average molecular weight is 292 g/mol. The molecule has 0 spiro atoms. The van der Waals surface area contributed by atoms with E-state index in [1.165, 1.54) is 26.2 Å². The molecule has 7 heteroatoms. The number of hydrogen-bond acceptors (Lipinski definition) is 3. The molecule has 0 aromatic heterocycles. The lowest BCUT2D eigenvalue weighted by Gasteiger charge is -2.16. The van der Waals surface area contributed by atoms with Crippen LogP contribution in [0, 0.1) is 11.6 Å². The lowest BCUT2D eigenvalue weighted by atomic mass is 10.1. The summed E-state index contributed by atoms with van der Waals surface area (Å²) in [6.07, 6.45) is 0. The van der Waals surface area contributed by atoms with Crippen molar-refractivity contribution in [1.29, 1.82) is 0 Å². The molecule has 1 rings (SSSR count). The van der Waals surface area contributed by atoms with Crippen LogP contribution in [0.2, 0.25) is 0 Å². The molecular formula is C12H18F2N2O2S. The standard InChI is InChI=1S/C12H18F2N2O2S/c1-9(10-5-4-6-11(13)12(10)14)15-7-8-19(17,18)16(2)3/h4-6,9,15H,7-8H2,1-3H3. The quantitative estimate of drug-likeness (QED) is 0.864. The van der Waals surface area contributed by atoms with Gasteiger partial charge in [-0.3, -0.25) is 0 Å². The van der Waals surface area contributed by atoms with Crippen molar-refractivity contribution in [2.75, 3.05) is 26.4 Å². The van der Waals surface area contributed by atoms with Crippen molar-refractivity contribution in [2.24, 2.45) is 0 Å². The topological polar surface area (TPSA) is 49.4 Å². The van der Waals surface area contributed by atoms with Gasteiger partial charge in [0.15, 0.2) is 11.6 Å². The van der Waals surface area contributed by atoms with Gasteiger partial charge in [-0.25, -0.2) is 21.5 Å². The molecule has 1 aromatic rings. The van der Waals surface area contributed by atoms with Gasteiger partial charge in [-0.05, 0) is 13.0 Å². The first-order chi connectivity index (χ1) is 8.75. The van der Waals surface area contributed by atoms with E-state index in [9.17, 15) is 17.2 Å². The minimum atomic E-state index is -3.29. The molecule has 1 atom stereocenters. The monoisotopic (exact) mass is 292 g/mol. The Morgan fingerprint density at radius 1 is 1.32 bits per heavy atom. The molecule has 108 valence electrons. The number of benzene rings is 1. The molecule has 4 nitrogen and oxygen atoms in total. The van der Waals surface area contributed by atoms with Gasteiger partial charge in [-0.1, -0.05) is 12.1 Å². The summed E-state index contributed by atoms with van der Waals surface area (Å²) in [5, 5.41) is 2.87. The predicted molar refractivity (Wildman–Crippen MR) is 70.2 cm³/mol. The van der Waals surface area contributed by atoms with Crippen LogP contribution in [-0.2, 0) is 10.0 Å². The highest BCUT2D eigenvalue weighted by Gasteiger charge is 2.16. The molecule has 0 radical (unpaired) electrons. The Morgan fingerprint density at radius 2 is 1.95 bits per heavy atom. The molecule has 0 saturated heterocycles. The van der Waals surface area contributed by atoms with Gasteiger partial charge in [0, 0.05) is 32.2 Å². The lowest BCUT2D eigenvalue weighted by Crippen LogP contribution is -2.32. The van der Waals surface area contributed by atoms with E-state index in [2.05, 4.69) is 5.32 Å². The molecule has 0 saturated carbocycles. The Kier molecular flexibility index (Phi) is 5.39. The number of rotatable bonds is 6. The van der Waals surface area contributed by atoms with Crippen LogP contribution < -0.4 is 5.32 Å². The third kappa shape index (κ3) is 4.22. The summed E-state index contributed by atoms with van der Waals surface area (Å²) < 4.78 is 50.7. The first kappa shape index (κ1) is 16.0. The largest absolute Gasteiger partial charge is 0.309 e. The Balaban J connectivity index is 2.62. The Bertz CT molecular complexity index is 533. The molecule has 0 aliphatic carbocycles. The second-order valence-electron chi connectivity index (χ2n) is 4.42. The highest BCUT2D eigenvalue weighted by molar-refractivity contribution is 7.89. The third-order valence-electron chi connectivity index (χ3n) is 2.81. The second-order valence-corrected chi connectivity index (χ2v) is 6.72. The smallest absolute Gasteiger partial charge is 0.214 e. The Hall–Kier alpha value is -1.05. The summed E-state index contributed by atoms with van der Waals surface area (Å²) in [5.41, 5.74) is 0.183. The highest BCUT2D eigenvalue weighted by atomic mass is 32.2. The zero-order valence-electron chi connectivity index (χ0n) is 11.2. The summed E-state index contributed by atoms with van der Waals surface area (Å²) in [6.45, 7) is 1.82. The maximum absolute atomic E-state index is 13.5. The van der Waals surface area contributed by atoms with Crippen molar-refractivity contribution in [3.63, 3.8) is 0 Å². The first-order valence-corrected chi connectivity index (χ1v) is 7.44. The van der Waals surface area contributed by atoms with Crippen molar-refractivity contribution < 1.29 is 17.2 Å². The van der Waals surface area contributed by atoms with Crippen LogP contribution >= 0.6 is 0 Å². The number of sulfonamides is 1. The van der Waals surface area contributed by atoms with Gasteiger partial charge in [0.1, 0.15) is 0 Å². The SMILES string of the molecule is CC(NCCS(=O)(=O)N(C)C)c1cccc(F)c1F. The van der Waals surface area contributed by atoms with E-state index >= 15 is 0 Å². The van der Waals surface area contributed by atoms with E-state index in [0.29, 0.717) is 0 Å². The van der Waals surface area contributed by atoms with Gasteiger partial charge in [-0.15, -0.1) is 0 Å². The summed E-state index contributed by atoms with van der Waals surface area (Å²) in [7, 11) is -0.393. The van der Waals surface area contributed by atoms with Gasteiger partial charge in [0.25, 0.3) is 0 Å². The maximum Gasteiger partial charge on any atom is 0.214 e. The van der Waals surface area contributed by atoms with Crippen LogP contribution in [0.1, 0.15) is 18.5 Å². The zero-order valence-corrected chi connectivity index (χ0v) is 12.0. The lowest BCUT2D eigenvalue weighted by molar-refractivity contribution is 0.474. The number of halogens is 2. The fraction of sp³-hybridized carbons (Fsp3) is 0.500. The Morgan fingerprint density at radius 3 is 2.53 bits per heavy atom. The summed E-state index contributed by atoms with van der Waals surface area (Å²) in [6, 6.07) is 3.47. The molecule has 0 amide bonds. The van der Waals surface area contributed by atoms with Crippen molar-refractivity contribution in [3.05, 3.63) is 35.4 Å². The molecule has 19 heavy (non-hydrogen) atoms. The Labute approximate surface area is 112 Å². The molecule has 0 aliphatic rings. The van der Waals surface area contributed by atoms with Crippen LogP contribution in [0.15, 0.2) is 18.2 Å². The molecule has 0 fully saturated rings. The number of nitrogens with one attached hydrogen (secondary N) is 1. The van der Waals surface area contributed by atoms with Crippen molar-refractivity contribution in [2.45, 2.75) is 13.0 Å². The van der Waals surface area contributed by atoms with E-state index in [1.54, 1.807) is 6.92 Å². The second kappa shape index (κ2) is 6.40. The van der Waals surface area contributed by atoms with E-state index < -0.39 is 27.7 Å². The third-order valence-corrected chi connectivity index (χ3v) is 4.65. The fourth-order valence-electron chi connectivity index (χ4n) is 1.55. The molecule has 0 bridgehead atoms. The van der Waals surface area contributed by atoms with E-state index in [1.807, 2.05) is 0 Å². The van der Waals surface area contributed by atoms with Crippen LogP contribution in [0.3, 0.4) is 0 Å². The summed E-state index contributed by atoms with van der Waals surface area (Å²) in [5.74, 6) is -1.91. The minimum absolute atomic E-state index is 0.0960. The van der Waals surface area contributed by atoms with Crippen LogP contribution in [-0.4, -0.2) is 39.1 Å². The van der Waals surface area contributed by atoms with Crippen LogP contribution in [0.4, 0.5) is 8.78 Å². The molecular weight excluding hydrogens is 274 g/mol. The number of nitrogens with zero attached hydrogens (tertiary/aromatic N) is 1. The first-order valence-electron chi connectivity index (χ1n) is 5.83. The maximum atomic E-state index is 13.5. The van der Waals surface area contributed by atoms with Crippen molar-refractivity contribution in [3.8, 4) is 0 Å². The van der Waals surface area contributed by atoms with Crippen LogP contribution in [0.25, 0.3) is 0 Å². The van der Waals surface area contributed by atoms with Gasteiger partial charge in [-0.2, -0.15) is 0 Å². The number of hydrogen-bond donors (Lipinski definition) is 1. The molecule has 1 unspecified atom stereocenters. The van der Waals surface area contributed by atoms with Gasteiger partial charge >= 0.3 is 0 Å². The molecule has 0 aliphatic heterocycles. The van der Waals surface area contributed by atoms with Crippen molar-refractivity contribution >= 4 is 10.0 Å². The fourth-order valence-corrected chi connectivity index (χ4v) is 2.29. The summed E-state index contributed by atoms with van der Waals surface area (Å²) >= 11 is 0. The normalized spacial score (nSPS) is 13.8. The van der Waals surface area contributed by atoms with E-state index in [4.69, 9.17) is 0 Å². The zero-order chi connectivity index (χ0) is 14.6. The van der Waals surface area contributed by atoms with Crippen LogP contribution in [0.5, 0.6) is 0 Å². The van der Waals surface area contributed by atoms with E-state index in [-0.39, 0.29) is 17.9 Å².